The second kappa shape index (κ2) is 29.3. The van der Waals surface area contributed by atoms with Crippen LogP contribution in [0.1, 0.15) is 216 Å². The van der Waals surface area contributed by atoms with Gasteiger partial charge in [0.15, 0.2) is 0 Å². The summed E-state index contributed by atoms with van der Waals surface area (Å²) in [5, 5.41) is 0. The molecule has 0 unspecified atom stereocenters. The topological polar surface area (TPSA) is 43.8 Å². The van der Waals surface area contributed by atoms with E-state index < -0.39 is 0 Å². The molecule has 314 valence electrons. The molecule has 0 aliphatic carbocycles. The maximum atomic E-state index is 12.3. The molecule has 0 fully saturated rings. The number of nitrogens with zero attached hydrogens (tertiary/aromatic N) is 2. The van der Waals surface area contributed by atoms with Gasteiger partial charge in [0.25, 0.3) is 0 Å². The van der Waals surface area contributed by atoms with Crippen LogP contribution in [0.15, 0.2) is 35.4 Å². The van der Waals surface area contributed by atoms with E-state index in [2.05, 4.69) is 93.5 Å². The molecule has 4 nitrogen and oxygen atoms in total. The van der Waals surface area contributed by atoms with Gasteiger partial charge in [-0.25, -0.2) is 4.70 Å². The molecule has 0 saturated heterocycles. The van der Waals surface area contributed by atoms with Crippen LogP contribution in [0.25, 0.3) is 16.9 Å². The van der Waals surface area contributed by atoms with Crippen LogP contribution in [0.3, 0.4) is 0 Å². The fourth-order valence-electron chi connectivity index (χ4n) is 7.75. The molecule has 1 heterocycles. The molecule has 0 radical (unpaired) electrons. The van der Waals surface area contributed by atoms with Gasteiger partial charge in [-0.3, -0.25) is 0 Å². The number of unbranched alkanes of at least 4 members (excludes halogenated alkanes) is 6. The summed E-state index contributed by atoms with van der Waals surface area (Å²) in [5.41, 5.74) is 28.5. The summed E-state index contributed by atoms with van der Waals surface area (Å²) in [6.07, 6.45) is 25.5. The summed E-state index contributed by atoms with van der Waals surface area (Å²) in [6, 6.07) is 9.77. The van der Waals surface area contributed by atoms with Crippen molar-refractivity contribution in [3.05, 3.63) is 85.5 Å². The van der Waals surface area contributed by atoms with Crippen LogP contribution in [-0.4, -0.2) is 17.9 Å². The Hall–Kier alpha value is -1.90. The van der Waals surface area contributed by atoms with E-state index in [1.165, 1.54) is 109 Å². The number of hydrogen-bond donors (Lipinski definition) is 0. The molecule has 2 aromatic rings. The van der Waals surface area contributed by atoms with E-state index in [9.17, 15) is 5.53 Å². The number of hydrogen-bond acceptors (Lipinski definition) is 2. The van der Waals surface area contributed by atoms with Crippen LogP contribution in [0.2, 0.25) is 0 Å². The quantitative estimate of drug-likeness (QED) is 0.0486. The molecule has 0 N–H and O–H groups in total. The van der Waals surface area contributed by atoms with Gasteiger partial charge >= 0.3 is 78.4 Å². The van der Waals surface area contributed by atoms with Gasteiger partial charge in [-0.15, -0.1) is 0 Å². The van der Waals surface area contributed by atoms with Crippen molar-refractivity contribution in [1.29, 1.82) is 0 Å². The van der Waals surface area contributed by atoms with Crippen molar-refractivity contribution in [3.63, 3.8) is 0 Å². The molecule has 5 heteroatoms. The second-order valence-electron chi connectivity index (χ2n) is 15.7. The van der Waals surface area contributed by atoms with E-state index in [4.69, 9.17) is 6.92 Å². The average molecular weight is 850 g/mol. The molecule has 3 rings (SSSR count). The van der Waals surface area contributed by atoms with E-state index >= 15 is 0 Å². The Kier molecular flexibility index (Phi) is 26.3. The number of allylic oxidation sites excluding steroid dienone is 2. The van der Waals surface area contributed by atoms with Crippen LogP contribution in [0, 0.1) is 0 Å². The van der Waals surface area contributed by atoms with Crippen molar-refractivity contribution < 1.29 is 30.3 Å². The molecular weight excluding hydrogens is 767 g/mol. The van der Waals surface area contributed by atoms with Crippen molar-refractivity contribution in [2.45, 2.75) is 210 Å². The first-order valence-electron chi connectivity index (χ1n) is 22.9. The zero-order valence-corrected chi connectivity index (χ0v) is 38.9. The molecule has 0 amide bonds. The summed E-state index contributed by atoms with van der Waals surface area (Å²) < 4.78 is 12.1. The molecular formula is C50H82N2O2Pd. The summed E-state index contributed by atoms with van der Waals surface area (Å²) in [6.45, 7) is 24.4. The molecule has 0 saturated carbocycles. The molecule has 0 atom stereocenters. The van der Waals surface area contributed by atoms with E-state index in [-0.39, 0.29) is 18.7 Å². The Balaban J connectivity index is 0.000000823. The van der Waals surface area contributed by atoms with Crippen molar-refractivity contribution in [1.82, 2.24) is 0 Å². The first-order chi connectivity index (χ1) is 26.8. The van der Waals surface area contributed by atoms with Crippen LogP contribution < -0.4 is 0 Å². The standard InChI is InChI=1S/C42H64N2.2C4H9O.Pd/c1-9-16-23-34-29-37(30-35(24-17-10-2)40(34)26-19-12-4)42-38(25-18-11-3)31(8)41(44(42)43)36-27-32(20-13-5)39(22-15-7)33(28-36)21-14-6;2*1-2-3-4-5;/h27-30H,9-26H2,1-8H3;2*2-4H2,1H3;/q;2*-1;+2. The molecule has 0 spiro atoms. The van der Waals surface area contributed by atoms with Gasteiger partial charge in [0.1, 0.15) is 0 Å². The molecule has 1 aliphatic heterocycles. The predicted octanol–water partition coefficient (Wildman–Crippen LogP) is 15.5. The molecule has 2 aromatic carbocycles. The normalized spacial score (nSPS) is 13.0. The van der Waals surface area contributed by atoms with Crippen molar-refractivity contribution in [3.8, 4) is 0 Å². The predicted molar refractivity (Wildman–Crippen MR) is 235 cm³/mol. The molecule has 0 bridgehead atoms. The average Bonchev–Trinajstić information content (AvgIpc) is 3.43. The molecule has 0 aromatic heterocycles. The van der Waals surface area contributed by atoms with E-state index in [1.54, 1.807) is 15.8 Å². The number of aryl methyl sites for hydroxylation is 4. The van der Waals surface area contributed by atoms with Gasteiger partial charge < -0.3 is 5.53 Å². The van der Waals surface area contributed by atoms with Crippen LogP contribution in [0.4, 0.5) is 0 Å². The van der Waals surface area contributed by atoms with Gasteiger partial charge in [0, 0.05) is 22.3 Å². The Morgan fingerprint density at radius 2 is 0.836 bits per heavy atom. The molecule has 55 heavy (non-hydrogen) atoms. The van der Waals surface area contributed by atoms with Crippen LogP contribution in [-0.2, 0) is 64.2 Å². The van der Waals surface area contributed by atoms with Crippen molar-refractivity contribution >= 4 is 11.4 Å². The van der Waals surface area contributed by atoms with E-state index in [0.717, 1.165) is 102 Å². The second-order valence-corrected chi connectivity index (χ2v) is 16.8. The zero-order chi connectivity index (χ0) is 40.4. The minimum atomic E-state index is 0.0757. The van der Waals surface area contributed by atoms with Crippen molar-refractivity contribution in [2.75, 3.05) is 13.2 Å². The van der Waals surface area contributed by atoms with Gasteiger partial charge in [0.2, 0.25) is 11.4 Å². The zero-order valence-electron chi connectivity index (χ0n) is 37.3. The summed E-state index contributed by atoms with van der Waals surface area (Å²) in [4.78, 5) is 0. The third-order valence-corrected chi connectivity index (χ3v) is 11.8. The van der Waals surface area contributed by atoms with Gasteiger partial charge in [-0.1, -0.05) is 93.4 Å². The van der Waals surface area contributed by atoms with E-state index in [0.29, 0.717) is 0 Å². The minimum absolute atomic E-state index is 0.0757. The maximum absolute atomic E-state index is 12.3. The monoisotopic (exact) mass is 849 g/mol. The summed E-state index contributed by atoms with van der Waals surface area (Å²) in [5.74, 6) is 0. The Labute approximate surface area is 349 Å². The van der Waals surface area contributed by atoms with Crippen LogP contribution in [0.5, 0.6) is 0 Å². The fraction of sp³-hybridized carbons (Fsp3) is 0.680. The first kappa shape index (κ1) is 49.2. The van der Waals surface area contributed by atoms with Gasteiger partial charge in [-0.2, -0.15) is 0 Å². The van der Waals surface area contributed by atoms with E-state index in [1.807, 2.05) is 0 Å². The first-order valence-corrected chi connectivity index (χ1v) is 24.2. The number of rotatable bonds is 28. The Morgan fingerprint density at radius 1 is 0.455 bits per heavy atom. The Bertz CT molecular complexity index is 1410. The van der Waals surface area contributed by atoms with Gasteiger partial charge in [0.05, 0.1) is 0 Å². The SMILES string of the molecule is CCCCC1=C(c2cc(CCCC)c(CCCC)c(CCCC)c2)[N+](=[N-])C(c2cc(CCC)c(CCC)c(CCC)c2)=C1C.CCCC[O][Pd][O]CCCC. The third-order valence-electron chi connectivity index (χ3n) is 10.8. The third kappa shape index (κ3) is 15.8. The summed E-state index contributed by atoms with van der Waals surface area (Å²) >= 11 is 0.0757. The Morgan fingerprint density at radius 3 is 1.27 bits per heavy atom. The number of benzene rings is 2. The van der Waals surface area contributed by atoms with Crippen molar-refractivity contribution in [2.24, 2.45) is 0 Å². The summed E-state index contributed by atoms with van der Waals surface area (Å²) in [7, 11) is 0. The van der Waals surface area contributed by atoms with Crippen LogP contribution >= 0.6 is 0 Å². The molecule has 1 aliphatic rings. The fourth-order valence-corrected chi connectivity index (χ4v) is 8.59. The van der Waals surface area contributed by atoms with Gasteiger partial charge in [-0.05, 0) is 135 Å².